The molecule has 0 aromatic heterocycles. The van der Waals surface area contributed by atoms with E-state index in [1.807, 2.05) is 0 Å². The molecule has 0 saturated carbocycles. The molecule has 3 heteroatoms. The van der Waals surface area contributed by atoms with Crippen molar-refractivity contribution in [3.05, 3.63) is 12.7 Å². The molecule has 1 atom stereocenters. The molecule has 1 aliphatic heterocycles. The first-order valence-electron chi connectivity index (χ1n) is 6.35. The van der Waals surface area contributed by atoms with Gasteiger partial charge < -0.3 is 10.2 Å². The van der Waals surface area contributed by atoms with Crippen molar-refractivity contribution in [3.63, 3.8) is 0 Å². The zero-order valence-corrected chi connectivity index (χ0v) is 10.7. The van der Waals surface area contributed by atoms with Crippen molar-refractivity contribution in [3.8, 4) is 0 Å². The third-order valence-corrected chi connectivity index (χ3v) is 3.30. The summed E-state index contributed by atoms with van der Waals surface area (Å²) in [5.41, 5.74) is 0. The van der Waals surface area contributed by atoms with Crippen molar-refractivity contribution >= 4 is 5.84 Å². The van der Waals surface area contributed by atoms with E-state index in [1.165, 1.54) is 38.8 Å². The molecule has 1 heterocycles. The normalized spacial score (nSPS) is 23.1. The Balaban J connectivity index is 2.12. The molecule has 1 rings (SSSR count). The number of amidine groups is 1. The molecule has 1 fully saturated rings. The number of piperidine rings is 1. The molecule has 0 aromatic carbocycles. The maximum absolute atomic E-state index is 4.08. The standard InChI is InChI=1S/C13H25N3/c1-4-13(14-3)15-9-7-11-16-10-6-5-8-12(16)2/h4,12H,1,5-11H2,2-3H3,(H,14,15). The van der Waals surface area contributed by atoms with Crippen LogP contribution in [0.4, 0.5) is 0 Å². The molecule has 1 saturated heterocycles. The maximum atomic E-state index is 4.08. The van der Waals surface area contributed by atoms with Gasteiger partial charge >= 0.3 is 0 Å². The summed E-state index contributed by atoms with van der Waals surface area (Å²) in [6, 6.07) is 0.771. The molecule has 0 aliphatic carbocycles. The predicted octanol–water partition coefficient (Wildman–Crippen LogP) is 2.05. The van der Waals surface area contributed by atoms with Gasteiger partial charge in [-0.3, -0.25) is 4.99 Å². The first-order valence-corrected chi connectivity index (χ1v) is 6.35. The van der Waals surface area contributed by atoms with Gasteiger partial charge in [-0.25, -0.2) is 0 Å². The summed E-state index contributed by atoms with van der Waals surface area (Å²) >= 11 is 0. The van der Waals surface area contributed by atoms with E-state index in [0.717, 1.165) is 18.4 Å². The minimum atomic E-state index is 0.771. The Labute approximate surface area is 99.6 Å². The Bertz CT molecular complexity index is 235. The summed E-state index contributed by atoms with van der Waals surface area (Å²) in [5.74, 6) is 0.895. The van der Waals surface area contributed by atoms with Gasteiger partial charge in [0.05, 0.1) is 0 Å². The van der Waals surface area contributed by atoms with Gasteiger partial charge in [0.25, 0.3) is 0 Å². The number of nitrogens with one attached hydrogen (secondary N) is 1. The zero-order chi connectivity index (χ0) is 11.8. The highest BCUT2D eigenvalue weighted by atomic mass is 15.2. The lowest BCUT2D eigenvalue weighted by Gasteiger charge is -2.33. The molecule has 0 radical (unpaired) electrons. The maximum Gasteiger partial charge on any atom is 0.119 e. The largest absolute Gasteiger partial charge is 0.370 e. The van der Waals surface area contributed by atoms with Gasteiger partial charge in [-0.15, -0.1) is 0 Å². The SMILES string of the molecule is C=CC(=NC)NCCCN1CCCCC1C. The average Bonchev–Trinajstić information content (AvgIpc) is 2.31. The van der Waals surface area contributed by atoms with Gasteiger partial charge in [0.1, 0.15) is 5.84 Å². The van der Waals surface area contributed by atoms with Crippen LogP contribution in [0.5, 0.6) is 0 Å². The molecule has 1 N–H and O–H groups in total. The Morgan fingerprint density at radius 2 is 2.38 bits per heavy atom. The molecule has 0 spiro atoms. The molecule has 0 bridgehead atoms. The number of nitrogens with zero attached hydrogens (tertiary/aromatic N) is 2. The zero-order valence-electron chi connectivity index (χ0n) is 10.7. The highest BCUT2D eigenvalue weighted by molar-refractivity contribution is 5.92. The van der Waals surface area contributed by atoms with Crippen molar-refractivity contribution in [2.45, 2.75) is 38.6 Å². The predicted molar refractivity (Wildman–Crippen MR) is 71.1 cm³/mol. The molecule has 0 aromatic rings. The smallest absolute Gasteiger partial charge is 0.119 e. The van der Waals surface area contributed by atoms with Crippen LogP contribution in [-0.2, 0) is 0 Å². The second-order valence-electron chi connectivity index (χ2n) is 4.47. The van der Waals surface area contributed by atoms with Crippen LogP contribution in [0.25, 0.3) is 0 Å². The highest BCUT2D eigenvalue weighted by Crippen LogP contribution is 2.15. The van der Waals surface area contributed by atoms with Crippen molar-refractivity contribution in [2.24, 2.45) is 4.99 Å². The summed E-state index contributed by atoms with van der Waals surface area (Å²) in [6.45, 7) is 9.51. The first-order chi connectivity index (χ1) is 7.77. The van der Waals surface area contributed by atoms with Crippen LogP contribution in [0.3, 0.4) is 0 Å². The van der Waals surface area contributed by atoms with Gasteiger partial charge in [-0.1, -0.05) is 13.0 Å². The molecular weight excluding hydrogens is 198 g/mol. The van der Waals surface area contributed by atoms with E-state index in [2.05, 4.69) is 28.7 Å². The van der Waals surface area contributed by atoms with Gasteiger partial charge in [0.15, 0.2) is 0 Å². The topological polar surface area (TPSA) is 27.6 Å². The van der Waals surface area contributed by atoms with Crippen molar-refractivity contribution < 1.29 is 0 Å². The van der Waals surface area contributed by atoms with E-state index in [0.29, 0.717) is 0 Å². The molecule has 1 aliphatic rings. The lowest BCUT2D eigenvalue weighted by Crippen LogP contribution is -2.39. The first kappa shape index (κ1) is 13.2. The van der Waals surface area contributed by atoms with Gasteiger partial charge in [-0.2, -0.15) is 0 Å². The second kappa shape index (κ2) is 7.44. The fourth-order valence-electron chi connectivity index (χ4n) is 2.23. The number of rotatable bonds is 5. The van der Waals surface area contributed by atoms with E-state index < -0.39 is 0 Å². The number of hydrogen-bond acceptors (Lipinski definition) is 2. The lowest BCUT2D eigenvalue weighted by atomic mass is 10.0. The number of likely N-dealkylation sites (tertiary alicyclic amines) is 1. The van der Waals surface area contributed by atoms with Gasteiger partial charge in [0, 0.05) is 26.2 Å². The molecule has 92 valence electrons. The van der Waals surface area contributed by atoms with Crippen LogP contribution >= 0.6 is 0 Å². The van der Waals surface area contributed by atoms with Crippen LogP contribution in [0.2, 0.25) is 0 Å². The fourth-order valence-corrected chi connectivity index (χ4v) is 2.23. The average molecular weight is 223 g/mol. The Morgan fingerprint density at radius 3 is 3.00 bits per heavy atom. The third kappa shape index (κ3) is 4.35. The summed E-state index contributed by atoms with van der Waals surface area (Å²) in [5, 5.41) is 3.28. The van der Waals surface area contributed by atoms with E-state index in [9.17, 15) is 0 Å². The van der Waals surface area contributed by atoms with E-state index in [1.54, 1.807) is 13.1 Å². The molecule has 16 heavy (non-hydrogen) atoms. The van der Waals surface area contributed by atoms with Crippen molar-refractivity contribution in [1.82, 2.24) is 10.2 Å². The minimum absolute atomic E-state index is 0.771. The molecule has 3 nitrogen and oxygen atoms in total. The second-order valence-corrected chi connectivity index (χ2v) is 4.47. The molecule has 0 amide bonds. The minimum Gasteiger partial charge on any atom is -0.370 e. The number of hydrogen-bond donors (Lipinski definition) is 1. The Hall–Kier alpha value is -0.830. The highest BCUT2D eigenvalue weighted by Gasteiger charge is 2.16. The van der Waals surface area contributed by atoms with Crippen molar-refractivity contribution in [2.75, 3.05) is 26.7 Å². The molecular formula is C13H25N3. The molecule has 1 unspecified atom stereocenters. The van der Waals surface area contributed by atoms with Crippen LogP contribution < -0.4 is 5.32 Å². The van der Waals surface area contributed by atoms with Gasteiger partial charge in [-0.05, 0) is 38.8 Å². The third-order valence-electron chi connectivity index (χ3n) is 3.30. The van der Waals surface area contributed by atoms with E-state index in [4.69, 9.17) is 0 Å². The van der Waals surface area contributed by atoms with E-state index >= 15 is 0 Å². The summed E-state index contributed by atoms with van der Waals surface area (Å²) in [6.07, 6.45) is 7.08. The fraction of sp³-hybridized carbons (Fsp3) is 0.769. The van der Waals surface area contributed by atoms with E-state index in [-0.39, 0.29) is 0 Å². The summed E-state index contributed by atoms with van der Waals surface area (Å²) in [4.78, 5) is 6.68. The van der Waals surface area contributed by atoms with Crippen LogP contribution in [0, 0.1) is 0 Å². The monoisotopic (exact) mass is 223 g/mol. The van der Waals surface area contributed by atoms with Gasteiger partial charge in [0.2, 0.25) is 0 Å². The summed E-state index contributed by atoms with van der Waals surface area (Å²) < 4.78 is 0. The van der Waals surface area contributed by atoms with Crippen LogP contribution in [-0.4, -0.2) is 43.5 Å². The van der Waals surface area contributed by atoms with Crippen LogP contribution in [0.15, 0.2) is 17.6 Å². The quantitative estimate of drug-likeness (QED) is 0.439. The van der Waals surface area contributed by atoms with Crippen LogP contribution in [0.1, 0.15) is 32.6 Å². The lowest BCUT2D eigenvalue weighted by molar-refractivity contribution is 0.159. The summed E-state index contributed by atoms with van der Waals surface area (Å²) in [7, 11) is 1.79. The van der Waals surface area contributed by atoms with Crippen molar-refractivity contribution in [1.29, 1.82) is 0 Å². The Kier molecular flexibility index (Phi) is 6.16. The Morgan fingerprint density at radius 1 is 1.56 bits per heavy atom. The number of aliphatic imine (C=N–C) groups is 1.